The number of nitrogens with zero attached hydrogens (tertiary/aromatic N) is 3. The fourth-order valence-electron chi connectivity index (χ4n) is 5.03. The largest absolute Gasteiger partial charge is 0.494 e. The van der Waals surface area contributed by atoms with Crippen LogP contribution >= 0.6 is 7.14 Å². The number of anilines is 5. The van der Waals surface area contributed by atoms with Gasteiger partial charge in [-0.3, -0.25) is 0 Å². The van der Waals surface area contributed by atoms with Crippen LogP contribution < -0.4 is 30.9 Å². The van der Waals surface area contributed by atoms with Gasteiger partial charge in [0.1, 0.15) is 18.7 Å². The Bertz CT molecular complexity index is 1490. The van der Waals surface area contributed by atoms with Crippen molar-refractivity contribution in [2.75, 3.05) is 56.6 Å². The zero-order valence-electron chi connectivity index (χ0n) is 23.1. The highest BCUT2D eigenvalue weighted by atomic mass is 31.2. The summed E-state index contributed by atoms with van der Waals surface area (Å²) in [4.78, 5) is 11.7. The average Bonchev–Trinajstić information content (AvgIpc) is 3.76. The molecular weight excluding hydrogens is 509 g/mol. The molecule has 0 bridgehead atoms. The Balaban J connectivity index is 1.56. The van der Waals surface area contributed by atoms with Gasteiger partial charge in [-0.1, -0.05) is 12.1 Å². The van der Waals surface area contributed by atoms with E-state index in [4.69, 9.17) is 15.1 Å². The lowest BCUT2D eigenvalue weighted by Crippen LogP contribution is -2.20. The van der Waals surface area contributed by atoms with Crippen LogP contribution in [0.25, 0.3) is 5.57 Å². The van der Waals surface area contributed by atoms with E-state index in [1.54, 1.807) is 20.4 Å². The molecule has 2 heterocycles. The van der Waals surface area contributed by atoms with Gasteiger partial charge in [-0.2, -0.15) is 4.98 Å². The smallest absolute Gasteiger partial charge is 0.229 e. The number of rotatable bonds is 9. The number of ether oxygens (including phenoxy) is 1. The van der Waals surface area contributed by atoms with Gasteiger partial charge in [0, 0.05) is 78.9 Å². The third-order valence-corrected chi connectivity index (χ3v) is 8.86. The minimum Gasteiger partial charge on any atom is -0.494 e. The van der Waals surface area contributed by atoms with E-state index in [0.29, 0.717) is 29.1 Å². The van der Waals surface area contributed by atoms with Gasteiger partial charge in [0.25, 0.3) is 0 Å². The Morgan fingerprint density at radius 3 is 2.59 bits per heavy atom. The third kappa shape index (κ3) is 5.50. The minimum absolute atomic E-state index is 0.418. The number of methoxy groups -OCH3 is 1. The van der Waals surface area contributed by atoms with Crippen LogP contribution in [-0.4, -0.2) is 57.3 Å². The van der Waals surface area contributed by atoms with Crippen LogP contribution in [0.1, 0.15) is 36.3 Å². The molecule has 1 aliphatic carbocycles. The quantitative estimate of drug-likeness (QED) is 0.205. The van der Waals surface area contributed by atoms with Crippen molar-refractivity contribution in [1.29, 1.82) is 5.41 Å². The zero-order valence-corrected chi connectivity index (χ0v) is 24.0. The maximum Gasteiger partial charge on any atom is 0.229 e. The van der Waals surface area contributed by atoms with Crippen molar-refractivity contribution in [3.05, 3.63) is 59.4 Å². The van der Waals surface area contributed by atoms with Crippen LogP contribution in [0.3, 0.4) is 0 Å². The first-order chi connectivity index (χ1) is 18.7. The predicted octanol–water partition coefficient (Wildman–Crippen LogP) is 5.52. The standard InChI is InChI=1S/C29H36N7O2P/c1-31-22-12-13-36(2)25-15-26(38-3)24(14-19(25)20(22)16-30)34-29-32-17-21(18-10-11-18)28(35-29)33-23-8-6-7-9-27(23)39(4,5)37/h6-9,14-18,30-31H,10-13H2,1-5H3,(H2,32,33,34,35). The zero-order chi connectivity index (χ0) is 27.7. The fourth-order valence-corrected chi connectivity index (χ4v) is 6.19. The summed E-state index contributed by atoms with van der Waals surface area (Å²) >= 11 is 0. The summed E-state index contributed by atoms with van der Waals surface area (Å²) in [6.07, 6.45) is 6.29. The Morgan fingerprint density at radius 2 is 1.92 bits per heavy atom. The van der Waals surface area contributed by atoms with Gasteiger partial charge in [-0.05, 0) is 50.3 Å². The molecule has 2 aromatic carbocycles. The highest BCUT2D eigenvalue weighted by Gasteiger charge is 2.29. The molecule has 204 valence electrons. The number of para-hydroxylation sites is 1. The molecule has 1 saturated carbocycles. The van der Waals surface area contributed by atoms with Gasteiger partial charge < -0.3 is 35.6 Å². The summed E-state index contributed by atoms with van der Waals surface area (Å²) in [5.74, 6) is 2.21. The monoisotopic (exact) mass is 545 g/mol. The molecule has 5 rings (SSSR count). The lowest BCUT2D eigenvalue weighted by atomic mass is 10.0. The van der Waals surface area contributed by atoms with E-state index in [2.05, 4.69) is 25.8 Å². The number of allylic oxidation sites excluding steroid dienone is 1. The number of aromatic nitrogens is 2. The van der Waals surface area contributed by atoms with Gasteiger partial charge in [0.05, 0.1) is 18.5 Å². The molecule has 3 aromatic rings. The molecule has 4 N–H and O–H groups in total. The minimum atomic E-state index is -2.50. The van der Waals surface area contributed by atoms with Crippen molar-refractivity contribution in [3.63, 3.8) is 0 Å². The van der Waals surface area contributed by atoms with Crippen LogP contribution in [-0.2, 0) is 4.57 Å². The van der Waals surface area contributed by atoms with Gasteiger partial charge in [-0.25, -0.2) is 4.98 Å². The molecule has 0 saturated heterocycles. The summed E-state index contributed by atoms with van der Waals surface area (Å²) in [7, 11) is 3.09. The maximum atomic E-state index is 13.0. The van der Waals surface area contributed by atoms with Gasteiger partial charge in [-0.15, -0.1) is 0 Å². The van der Waals surface area contributed by atoms with Crippen LogP contribution in [0.2, 0.25) is 0 Å². The summed E-state index contributed by atoms with van der Waals surface area (Å²) in [6, 6.07) is 11.7. The summed E-state index contributed by atoms with van der Waals surface area (Å²) in [5, 5.41) is 19.0. The Kier molecular flexibility index (Phi) is 7.36. The molecular formula is C29H36N7O2P. The topological polar surface area (TPSA) is 115 Å². The van der Waals surface area contributed by atoms with Crippen LogP contribution in [0, 0.1) is 5.41 Å². The molecule has 2 aliphatic rings. The summed E-state index contributed by atoms with van der Waals surface area (Å²) in [5.41, 5.74) is 6.35. The van der Waals surface area contributed by atoms with E-state index in [-0.39, 0.29) is 0 Å². The highest BCUT2D eigenvalue weighted by Crippen LogP contribution is 2.45. The Labute approximate surface area is 230 Å². The Morgan fingerprint density at radius 1 is 1.15 bits per heavy atom. The van der Waals surface area contributed by atoms with E-state index in [9.17, 15) is 4.57 Å². The second-order valence-corrected chi connectivity index (χ2v) is 13.6. The first kappa shape index (κ1) is 26.8. The molecule has 0 atom stereocenters. The molecule has 1 aliphatic heterocycles. The van der Waals surface area contributed by atoms with Gasteiger partial charge >= 0.3 is 0 Å². The molecule has 1 aromatic heterocycles. The number of hydrogen-bond donors (Lipinski definition) is 4. The molecule has 9 nitrogen and oxygen atoms in total. The summed E-state index contributed by atoms with van der Waals surface area (Å²) in [6.45, 7) is 4.38. The molecule has 0 unspecified atom stereocenters. The third-order valence-electron chi connectivity index (χ3n) is 7.31. The van der Waals surface area contributed by atoms with E-state index in [1.165, 1.54) is 6.21 Å². The normalized spacial score (nSPS) is 15.4. The van der Waals surface area contributed by atoms with Crippen molar-refractivity contribution >= 4 is 53.1 Å². The molecule has 1 fully saturated rings. The Hall–Kier alpha value is -3.84. The van der Waals surface area contributed by atoms with Gasteiger partial charge in [0.2, 0.25) is 5.95 Å². The van der Waals surface area contributed by atoms with Gasteiger partial charge in [0.15, 0.2) is 0 Å². The number of nitrogens with one attached hydrogen (secondary N) is 4. The SMILES string of the molecule is CNC1=C(C=N)c2cc(Nc3ncc(C4CC4)c(Nc4ccccc4P(C)(C)=O)n3)c(OC)cc2N(C)CC1. The van der Waals surface area contributed by atoms with Crippen molar-refractivity contribution in [1.82, 2.24) is 15.3 Å². The second-order valence-electron chi connectivity index (χ2n) is 10.4. The number of hydrogen-bond acceptors (Lipinski definition) is 9. The predicted molar refractivity (Wildman–Crippen MR) is 162 cm³/mol. The van der Waals surface area contributed by atoms with Crippen LogP contribution in [0.5, 0.6) is 5.75 Å². The average molecular weight is 546 g/mol. The lowest BCUT2D eigenvalue weighted by molar-refractivity contribution is 0.417. The fraction of sp³-hybridized carbons (Fsp3) is 0.345. The van der Waals surface area contributed by atoms with E-state index in [0.717, 1.165) is 64.9 Å². The molecule has 10 heteroatoms. The van der Waals surface area contributed by atoms with Crippen LogP contribution in [0.4, 0.5) is 28.8 Å². The molecule has 0 spiro atoms. The number of benzene rings is 2. The van der Waals surface area contributed by atoms with Crippen molar-refractivity contribution in [3.8, 4) is 5.75 Å². The second kappa shape index (κ2) is 10.7. The first-order valence-electron chi connectivity index (χ1n) is 13.1. The van der Waals surface area contributed by atoms with E-state index in [1.807, 2.05) is 56.7 Å². The number of fused-ring (bicyclic) bond motifs is 1. The highest BCUT2D eigenvalue weighted by molar-refractivity contribution is 7.70. The van der Waals surface area contributed by atoms with Crippen LogP contribution in [0.15, 0.2) is 48.3 Å². The van der Waals surface area contributed by atoms with Crippen molar-refractivity contribution in [2.24, 2.45) is 0 Å². The summed E-state index contributed by atoms with van der Waals surface area (Å²) < 4.78 is 18.7. The lowest BCUT2D eigenvalue weighted by Gasteiger charge is -2.22. The first-order valence-corrected chi connectivity index (χ1v) is 15.7. The van der Waals surface area contributed by atoms with Crippen molar-refractivity contribution < 1.29 is 9.30 Å². The molecule has 0 amide bonds. The molecule has 39 heavy (non-hydrogen) atoms. The maximum absolute atomic E-state index is 13.0. The van der Waals surface area contributed by atoms with E-state index < -0.39 is 7.14 Å². The van der Waals surface area contributed by atoms with Crippen molar-refractivity contribution in [2.45, 2.75) is 25.2 Å². The molecule has 0 radical (unpaired) electrons. The van der Waals surface area contributed by atoms with E-state index >= 15 is 0 Å².